The molecule has 3 rings (SSSR count). The second-order valence-electron chi connectivity index (χ2n) is 9.53. The summed E-state index contributed by atoms with van der Waals surface area (Å²) in [6.07, 6.45) is 3.29. The van der Waals surface area contributed by atoms with Crippen molar-refractivity contribution < 1.29 is 23.9 Å². The summed E-state index contributed by atoms with van der Waals surface area (Å²) in [4.78, 5) is 41.2. The molecule has 1 fully saturated rings. The molecule has 0 saturated carbocycles. The number of methoxy groups -OCH3 is 1. The van der Waals surface area contributed by atoms with Gasteiger partial charge in [-0.15, -0.1) is 0 Å². The quantitative estimate of drug-likeness (QED) is 0.218. The molecule has 36 heavy (non-hydrogen) atoms. The predicted molar refractivity (Wildman–Crippen MR) is 150 cm³/mol. The fourth-order valence-corrected chi connectivity index (χ4v) is 4.53. The molecule has 0 spiro atoms. The van der Waals surface area contributed by atoms with Crippen LogP contribution in [0.5, 0.6) is 0 Å². The molecule has 0 aromatic heterocycles. The minimum atomic E-state index is -0.639. The Balaban J connectivity index is 1.76. The van der Waals surface area contributed by atoms with Crippen LogP contribution in [0.2, 0.25) is 0 Å². The van der Waals surface area contributed by atoms with Crippen LogP contribution in [0.15, 0.2) is 53.0 Å². The molecule has 1 saturated heterocycles. The number of ether oxygens (including phenoxy) is 2. The van der Waals surface area contributed by atoms with Crippen LogP contribution in [-0.2, 0) is 20.8 Å². The van der Waals surface area contributed by atoms with Crippen LogP contribution < -0.4 is 0 Å². The second kappa shape index (κ2) is 12.2. The number of nitrogens with zero attached hydrogens (tertiary/aromatic N) is 2. The van der Waals surface area contributed by atoms with Crippen LogP contribution in [0.3, 0.4) is 0 Å². The van der Waals surface area contributed by atoms with E-state index in [4.69, 9.17) is 4.74 Å². The molecule has 0 aliphatic carbocycles. The molecule has 0 unspecified atom stereocenters. The zero-order valence-electron chi connectivity index (χ0n) is 20.8. The Morgan fingerprint density at radius 2 is 1.86 bits per heavy atom. The summed E-state index contributed by atoms with van der Waals surface area (Å²) in [5, 5.41) is 0. The molecule has 2 amide bonds. The molecule has 192 valence electrons. The first-order valence-electron chi connectivity index (χ1n) is 11.6. The van der Waals surface area contributed by atoms with E-state index in [9.17, 15) is 14.4 Å². The fraction of sp³-hybridized carbons (Fsp3) is 0.370. The average Bonchev–Trinajstić information content (AvgIpc) is 3.31. The molecule has 0 bridgehead atoms. The van der Waals surface area contributed by atoms with Crippen molar-refractivity contribution >= 4 is 62.6 Å². The van der Waals surface area contributed by atoms with Gasteiger partial charge in [-0.1, -0.05) is 24.3 Å². The number of carbonyl (C=O) groups is 3. The standard InChI is InChI=1S/C27H30BrIN2O5/c1-27(2,3)36-26(34)31(16-19-7-5-18(6-8-19)9-12-24(32)35-4)21-13-14-30(17-21)25(33)20-10-11-23(29)22(28)15-20/h5-12,15,21H,13-14,16-17H2,1-4H3/b12-9+/t21-/m0/s1. The monoisotopic (exact) mass is 668 g/mol. The van der Waals surface area contributed by atoms with E-state index < -0.39 is 17.7 Å². The van der Waals surface area contributed by atoms with Gasteiger partial charge in [-0.3, -0.25) is 9.69 Å². The maximum Gasteiger partial charge on any atom is 0.410 e. The molecule has 0 radical (unpaired) electrons. The summed E-state index contributed by atoms with van der Waals surface area (Å²) >= 11 is 5.70. The lowest BCUT2D eigenvalue weighted by Gasteiger charge is -2.32. The summed E-state index contributed by atoms with van der Waals surface area (Å²) in [6.45, 7) is 6.85. The highest BCUT2D eigenvalue weighted by atomic mass is 127. The number of likely N-dealkylation sites (tertiary alicyclic amines) is 1. The minimum Gasteiger partial charge on any atom is -0.466 e. The Morgan fingerprint density at radius 1 is 1.17 bits per heavy atom. The Hall–Kier alpha value is -2.40. The van der Waals surface area contributed by atoms with Gasteiger partial charge in [-0.25, -0.2) is 9.59 Å². The van der Waals surface area contributed by atoms with Gasteiger partial charge in [0.1, 0.15) is 5.60 Å². The maximum absolute atomic E-state index is 13.2. The van der Waals surface area contributed by atoms with E-state index in [1.165, 1.54) is 13.2 Å². The fourth-order valence-electron chi connectivity index (χ4n) is 3.82. The molecular formula is C27H30BrIN2O5. The van der Waals surface area contributed by atoms with Crippen LogP contribution in [0, 0.1) is 3.57 Å². The van der Waals surface area contributed by atoms with Gasteiger partial charge >= 0.3 is 12.1 Å². The first-order valence-corrected chi connectivity index (χ1v) is 13.4. The summed E-state index contributed by atoms with van der Waals surface area (Å²) < 4.78 is 12.2. The number of amides is 2. The molecule has 1 aliphatic rings. The number of halogens is 2. The number of esters is 1. The first-order chi connectivity index (χ1) is 17.0. The lowest BCUT2D eigenvalue weighted by atomic mass is 10.1. The van der Waals surface area contributed by atoms with Gasteiger partial charge in [-0.05, 0) is 101 Å². The number of carbonyl (C=O) groups excluding carboxylic acids is 3. The van der Waals surface area contributed by atoms with Gasteiger partial charge in [0.05, 0.1) is 13.2 Å². The molecule has 2 aromatic rings. The van der Waals surface area contributed by atoms with E-state index in [2.05, 4.69) is 43.3 Å². The van der Waals surface area contributed by atoms with Crippen LogP contribution >= 0.6 is 38.5 Å². The third kappa shape index (κ3) is 7.80. The van der Waals surface area contributed by atoms with E-state index in [-0.39, 0.29) is 11.9 Å². The maximum atomic E-state index is 13.2. The van der Waals surface area contributed by atoms with E-state index in [0.717, 1.165) is 19.2 Å². The van der Waals surface area contributed by atoms with Crippen LogP contribution in [-0.4, -0.2) is 59.6 Å². The van der Waals surface area contributed by atoms with Crippen LogP contribution in [0.1, 0.15) is 48.7 Å². The van der Waals surface area contributed by atoms with Crippen molar-refractivity contribution in [3.63, 3.8) is 0 Å². The smallest absolute Gasteiger partial charge is 0.410 e. The summed E-state index contributed by atoms with van der Waals surface area (Å²) in [6, 6.07) is 13.0. The molecule has 7 nitrogen and oxygen atoms in total. The van der Waals surface area contributed by atoms with Crippen molar-refractivity contribution in [2.24, 2.45) is 0 Å². The topological polar surface area (TPSA) is 76.2 Å². The highest BCUT2D eigenvalue weighted by molar-refractivity contribution is 14.1. The zero-order chi connectivity index (χ0) is 26.5. The van der Waals surface area contributed by atoms with Gasteiger partial charge in [-0.2, -0.15) is 0 Å². The largest absolute Gasteiger partial charge is 0.466 e. The predicted octanol–water partition coefficient (Wildman–Crippen LogP) is 5.89. The Bertz CT molecular complexity index is 1140. The SMILES string of the molecule is COC(=O)/C=C/c1ccc(CN(C(=O)OC(C)(C)C)[C@H]2CCN(C(=O)c3ccc(I)c(Br)c3)C2)cc1. The minimum absolute atomic E-state index is 0.0551. The van der Waals surface area contributed by atoms with Gasteiger partial charge in [0, 0.05) is 39.3 Å². The lowest BCUT2D eigenvalue weighted by molar-refractivity contribution is -0.134. The number of hydrogen-bond acceptors (Lipinski definition) is 5. The average molecular weight is 669 g/mol. The van der Waals surface area contributed by atoms with Crippen molar-refractivity contribution in [3.8, 4) is 0 Å². The molecule has 9 heteroatoms. The molecule has 2 aromatic carbocycles. The molecule has 1 aliphatic heterocycles. The number of benzene rings is 2. The van der Waals surface area contributed by atoms with Gasteiger partial charge in [0.15, 0.2) is 0 Å². The third-order valence-electron chi connectivity index (χ3n) is 5.63. The molecule has 0 N–H and O–H groups in total. The third-order valence-corrected chi connectivity index (χ3v) is 7.97. The van der Waals surface area contributed by atoms with E-state index in [1.54, 1.807) is 15.9 Å². The number of hydrogen-bond donors (Lipinski definition) is 0. The van der Waals surface area contributed by atoms with E-state index in [1.807, 2.05) is 63.2 Å². The zero-order valence-corrected chi connectivity index (χ0v) is 24.5. The van der Waals surface area contributed by atoms with Crippen molar-refractivity contribution in [2.75, 3.05) is 20.2 Å². The number of rotatable bonds is 6. The highest BCUT2D eigenvalue weighted by Crippen LogP contribution is 2.25. The van der Waals surface area contributed by atoms with Crippen molar-refractivity contribution in [2.45, 2.75) is 45.4 Å². The van der Waals surface area contributed by atoms with Crippen LogP contribution in [0.4, 0.5) is 4.79 Å². The van der Waals surface area contributed by atoms with Crippen LogP contribution in [0.25, 0.3) is 6.08 Å². The first kappa shape index (κ1) is 28.2. The normalized spacial score (nSPS) is 15.7. The van der Waals surface area contributed by atoms with Crippen molar-refractivity contribution in [1.82, 2.24) is 9.80 Å². The van der Waals surface area contributed by atoms with Gasteiger partial charge in [0.25, 0.3) is 5.91 Å². The van der Waals surface area contributed by atoms with Crippen molar-refractivity contribution in [3.05, 3.63) is 73.3 Å². The summed E-state index contributed by atoms with van der Waals surface area (Å²) in [5.74, 6) is -0.478. The highest BCUT2D eigenvalue weighted by Gasteiger charge is 2.35. The van der Waals surface area contributed by atoms with Gasteiger partial charge in [0.2, 0.25) is 0 Å². The molecule has 1 heterocycles. The Kier molecular flexibility index (Phi) is 9.57. The summed E-state index contributed by atoms with van der Waals surface area (Å²) in [5.41, 5.74) is 1.73. The Labute approximate surface area is 234 Å². The van der Waals surface area contributed by atoms with E-state index in [0.29, 0.717) is 31.6 Å². The second-order valence-corrected chi connectivity index (χ2v) is 11.5. The molecular weight excluding hydrogens is 639 g/mol. The molecule has 1 atom stereocenters. The lowest BCUT2D eigenvalue weighted by Crippen LogP contribution is -2.44. The van der Waals surface area contributed by atoms with Crippen molar-refractivity contribution in [1.29, 1.82) is 0 Å². The van der Waals surface area contributed by atoms with E-state index >= 15 is 0 Å². The Morgan fingerprint density at radius 3 is 2.47 bits per heavy atom. The van der Waals surface area contributed by atoms with Gasteiger partial charge < -0.3 is 14.4 Å². The summed E-state index contributed by atoms with van der Waals surface area (Å²) in [7, 11) is 1.33.